The van der Waals surface area contributed by atoms with Gasteiger partial charge in [0.05, 0.1) is 13.7 Å². The molecule has 0 saturated carbocycles. The second-order valence-electron chi connectivity index (χ2n) is 5.37. The van der Waals surface area contributed by atoms with Gasteiger partial charge in [-0.3, -0.25) is 9.59 Å². The molecule has 0 saturated heterocycles. The number of hydrogen-bond donors (Lipinski definition) is 1. The summed E-state index contributed by atoms with van der Waals surface area (Å²) < 4.78 is 10.6. The minimum atomic E-state index is -0.654. The average molecular weight is 336 g/mol. The zero-order chi connectivity index (χ0) is 18.0. The first-order valence-electron chi connectivity index (χ1n) is 7.53. The summed E-state index contributed by atoms with van der Waals surface area (Å²) in [5, 5.41) is 3.01. The topological polar surface area (TPSA) is 81.4 Å². The van der Waals surface area contributed by atoms with Crippen LogP contribution < -0.4 is 5.32 Å². The summed E-state index contributed by atoms with van der Waals surface area (Å²) in [4.78, 5) is 28.5. The van der Waals surface area contributed by atoms with Crippen molar-refractivity contribution >= 4 is 11.6 Å². The first kappa shape index (κ1) is 16.4. The highest BCUT2D eigenvalue weighted by Crippen LogP contribution is 2.33. The molecular weight excluding hydrogens is 320 g/mol. The average Bonchev–Trinajstić information content (AvgIpc) is 3.07. The number of benzene rings is 1. The van der Waals surface area contributed by atoms with E-state index in [0.29, 0.717) is 34.2 Å². The van der Waals surface area contributed by atoms with Crippen LogP contribution in [0.25, 0.3) is 11.3 Å². The fourth-order valence-electron chi connectivity index (χ4n) is 2.40. The Balaban J connectivity index is 1.80. The predicted molar refractivity (Wildman–Crippen MR) is 91.9 cm³/mol. The Morgan fingerprint density at radius 1 is 1.20 bits per heavy atom. The number of nitrogens with zero attached hydrogens (tertiary/aromatic N) is 1. The Labute approximate surface area is 144 Å². The fraction of sp³-hybridized carbons (Fsp3) is 0.105. The molecule has 3 rings (SSSR count). The molecule has 1 N–H and O–H groups in total. The van der Waals surface area contributed by atoms with E-state index in [1.807, 2.05) is 0 Å². The molecule has 0 fully saturated rings. The molecule has 0 bridgehead atoms. The summed E-state index contributed by atoms with van der Waals surface area (Å²) >= 11 is 0. The van der Waals surface area contributed by atoms with Gasteiger partial charge < -0.3 is 14.5 Å². The van der Waals surface area contributed by atoms with Gasteiger partial charge in [-0.2, -0.15) is 0 Å². The highest BCUT2D eigenvalue weighted by molar-refractivity contribution is 6.52. The van der Waals surface area contributed by atoms with Crippen LogP contribution in [0.3, 0.4) is 0 Å². The van der Waals surface area contributed by atoms with E-state index < -0.39 is 11.6 Å². The van der Waals surface area contributed by atoms with Crippen LogP contribution in [0, 0.1) is 0 Å². The highest BCUT2D eigenvalue weighted by atomic mass is 16.5. The lowest BCUT2D eigenvalue weighted by molar-refractivity contribution is 0.0812. The number of fused-ring (bicyclic) bond motifs is 3. The van der Waals surface area contributed by atoms with E-state index in [9.17, 15) is 9.59 Å². The van der Waals surface area contributed by atoms with Gasteiger partial charge in [0.2, 0.25) is 11.7 Å². The second kappa shape index (κ2) is 6.60. The molecule has 6 nitrogen and oxygen atoms in total. The number of ether oxygens (including phenoxy) is 1. The Bertz CT molecular complexity index is 921. The molecule has 2 aromatic rings. The van der Waals surface area contributed by atoms with Gasteiger partial charge in [-0.05, 0) is 12.2 Å². The Hall–Kier alpha value is -3.41. The van der Waals surface area contributed by atoms with Crippen molar-refractivity contribution < 1.29 is 18.7 Å². The van der Waals surface area contributed by atoms with Crippen LogP contribution in [0.2, 0.25) is 0 Å². The molecule has 1 aliphatic rings. The third-order valence-corrected chi connectivity index (χ3v) is 3.71. The Morgan fingerprint density at radius 3 is 2.64 bits per heavy atom. The van der Waals surface area contributed by atoms with Gasteiger partial charge in [-0.25, -0.2) is 4.98 Å². The van der Waals surface area contributed by atoms with E-state index in [2.05, 4.69) is 23.5 Å². The molecule has 1 aromatic heterocycles. The monoisotopic (exact) mass is 336 g/mol. The molecule has 0 atom stereocenters. The van der Waals surface area contributed by atoms with Crippen molar-refractivity contribution in [1.82, 2.24) is 10.3 Å². The highest BCUT2D eigenvalue weighted by Gasteiger charge is 2.34. The molecule has 1 aromatic carbocycles. The number of aromatic nitrogens is 1. The van der Waals surface area contributed by atoms with Crippen LogP contribution in [0.5, 0.6) is 0 Å². The van der Waals surface area contributed by atoms with Gasteiger partial charge in [-0.1, -0.05) is 37.4 Å². The molecule has 1 heterocycles. The second-order valence-corrected chi connectivity index (χ2v) is 5.37. The summed E-state index contributed by atoms with van der Waals surface area (Å²) in [6.45, 7) is 7.72. The number of rotatable bonds is 6. The first-order chi connectivity index (χ1) is 12.0. The third-order valence-electron chi connectivity index (χ3n) is 3.71. The maximum Gasteiger partial charge on any atom is 0.255 e. The molecule has 0 amide bonds. The van der Waals surface area contributed by atoms with Crippen molar-refractivity contribution in [3.8, 4) is 11.3 Å². The molecule has 0 aliphatic heterocycles. The van der Waals surface area contributed by atoms with Gasteiger partial charge in [0.15, 0.2) is 11.5 Å². The molecule has 126 valence electrons. The summed E-state index contributed by atoms with van der Waals surface area (Å²) in [6, 6.07) is 6.83. The van der Waals surface area contributed by atoms with Crippen molar-refractivity contribution in [1.29, 1.82) is 0 Å². The van der Waals surface area contributed by atoms with Crippen molar-refractivity contribution in [2.75, 3.05) is 7.11 Å². The summed E-state index contributed by atoms with van der Waals surface area (Å²) in [5.74, 6) is -0.107. The Kier molecular flexibility index (Phi) is 4.35. The zero-order valence-electron chi connectivity index (χ0n) is 13.7. The number of hydrogen-bond acceptors (Lipinski definition) is 6. The van der Waals surface area contributed by atoms with Crippen LogP contribution in [0.4, 0.5) is 0 Å². The van der Waals surface area contributed by atoms with E-state index in [1.165, 1.54) is 7.11 Å². The van der Waals surface area contributed by atoms with E-state index in [1.54, 1.807) is 36.4 Å². The minimum absolute atomic E-state index is 0.0504. The lowest BCUT2D eigenvalue weighted by atomic mass is 9.91. The lowest BCUT2D eigenvalue weighted by Gasteiger charge is -2.10. The number of carbonyl (C=O) groups excluding carboxylic acids is 2. The van der Waals surface area contributed by atoms with Crippen LogP contribution in [0.1, 0.15) is 26.7 Å². The quantitative estimate of drug-likeness (QED) is 0.496. The molecular formula is C19H16N2O4. The van der Waals surface area contributed by atoms with E-state index in [4.69, 9.17) is 9.15 Å². The number of ketones is 2. The molecule has 6 heteroatoms. The minimum Gasteiger partial charge on any atom is -0.497 e. The maximum atomic E-state index is 12.2. The number of carbonyl (C=O) groups is 2. The van der Waals surface area contributed by atoms with E-state index in [-0.39, 0.29) is 12.2 Å². The molecule has 0 unspecified atom stereocenters. The summed E-state index contributed by atoms with van der Waals surface area (Å²) in [5.41, 5.74) is 1.56. The van der Waals surface area contributed by atoms with Crippen molar-refractivity contribution in [3.63, 3.8) is 0 Å². The number of nitrogens with one attached hydrogen (secondary N) is 1. The number of Topliss-reactive ketones (excluding diaryl/α,β-unsaturated/α-hetero) is 2. The third kappa shape index (κ3) is 3.14. The van der Waals surface area contributed by atoms with E-state index in [0.717, 1.165) is 0 Å². The maximum absolute atomic E-state index is 12.2. The molecule has 25 heavy (non-hydrogen) atoms. The molecule has 0 spiro atoms. The lowest BCUT2D eigenvalue weighted by Crippen LogP contribution is -2.21. The van der Waals surface area contributed by atoms with Crippen LogP contribution in [0.15, 0.2) is 65.4 Å². The van der Waals surface area contributed by atoms with Crippen LogP contribution >= 0.6 is 0 Å². The number of methoxy groups -OCH3 is 1. The smallest absolute Gasteiger partial charge is 0.255 e. The Morgan fingerprint density at radius 2 is 1.92 bits per heavy atom. The summed E-state index contributed by atoms with van der Waals surface area (Å²) in [6.07, 6.45) is 3.35. The summed E-state index contributed by atoms with van der Waals surface area (Å²) in [7, 11) is 1.52. The van der Waals surface area contributed by atoms with Crippen molar-refractivity contribution in [2.45, 2.75) is 6.54 Å². The van der Waals surface area contributed by atoms with E-state index >= 15 is 0 Å². The van der Waals surface area contributed by atoms with Crippen LogP contribution in [-0.2, 0) is 11.3 Å². The van der Waals surface area contributed by atoms with Gasteiger partial charge in [-0.15, -0.1) is 0 Å². The largest absolute Gasteiger partial charge is 0.497 e. The normalized spacial score (nSPS) is 12.7. The van der Waals surface area contributed by atoms with Gasteiger partial charge in [0, 0.05) is 16.8 Å². The van der Waals surface area contributed by atoms with Crippen molar-refractivity contribution in [2.24, 2.45) is 0 Å². The predicted octanol–water partition coefficient (Wildman–Crippen LogP) is 3.04. The zero-order valence-corrected chi connectivity index (χ0v) is 13.7. The van der Waals surface area contributed by atoms with Gasteiger partial charge in [0.25, 0.3) is 5.78 Å². The van der Waals surface area contributed by atoms with Gasteiger partial charge >= 0.3 is 0 Å². The van der Waals surface area contributed by atoms with Gasteiger partial charge in [0.1, 0.15) is 5.76 Å². The molecule has 1 aliphatic carbocycles. The number of oxazole rings is 1. The SMILES string of the molecule is C=C(/C=C\C(=C)OC)NCc1nc2c(o1)-c1ccccc1C(=O)C2=O. The molecule has 0 radical (unpaired) electrons. The van der Waals surface area contributed by atoms with Crippen molar-refractivity contribution in [3.05, 3.63) is 78.2 Å². The van der Waals surface area contributed by atoms with Crippen LogP contribution in [-0.4, -0.2) is 23.7 Å². The number of allylic oxidation sites excluding steroid dienone is 2. The fourth-order valence-corrected chi connectivity index (χ4v) is 2.40. The standard InChI is InChI=1S/C19H16N2O4/c1-11(8-9-12(2)24-3)20-10-15-21-16-18(23)17(22)13-6-4-5-7-14(13)19(16)25-15/h4-9,20H,1-2,10H2,3H3/b9-8-. The first-order valence-corrected chi connectivity index (χ1v) is 7.53.